The van der Waals surface area contributed by atoms with Crippen LogP contribution in [0.3, 0.4) is 0 Å². The zero-order valence-electron chi connectivity index (χ0n) is 13.8. The lowest BCUT2D eigenvalue weighted by Gasteiger charge is -2.35. The summed E-state index contributed by atoms with van der Waals surface area (Å²) in [6.07, 6.45) is 2.06. The Morgan fingerprint density at radius 3 is 2.50 bits per heavy atom. The number of nitrogens with zero attached hydrogens (tertiary/aromatic N) is 2. The summed E-state index contributed by atoms with van der Waals surface area (Å²) in [6, 6.07) is 12.6. The third-order valence-electron chi connectivity index (χ3n) is 4.85. The van der Waals surface area contributed by atoms with Crippen molar-refractivity contribution in [1.29, 1.82) is 0 Å². The molecule has 4 nitrogen and oxygen atoms in total. The van der Waals surface area contributed by atoms with Gasteiger partial charge in [-0.15, -0.1) is 11.3 Å². The van der Waals surface area contributed by atoms with Crippen molar-refractivity contribution in [3.05, 3.63) is 46.8 Å². The second kappa shape index (κ2) is 6.57. The largest absolute Gasteiger partial charge is 0.397 e. The van der Waals surface area contributed by atoms with E-state index in [1.165, 1.54) is 5.56 Å². The highest BCUT2D eigenvalue weighted by Crippen LogP contribution is 2.40. The van der Waals surface area contributed by atoms with Gasteiger partial charge in [-0.05, 0) is 24.5 Å². The van der Waals surface area contributed by atoms with Crippen molar-refractivity contribution in [3.8, 4) is 0 Å². The molecule has 1 aliphatic heterocycles. The minimum atomic E-state index is 0.238. The predicted octanol–water partition coefficient (Wildman–Crippen LogP) is 3.25. The molecule has 5 heteroatoms. The Hall–Kier alpha value is -1.85. The third kappa shape index (κ3) is 3.32. The number of benzene rings is 1. The normalized spacial score (nSPS) is 18.8. The van der Waals surface area contributed by atoms with Gasteiger partial charge < -0.3 is 10.6 Å². The van der Waals surface area contributed by atoms with Crippen LogP contribution in [-0.4, -0.2) is 36.9 Å². The smallest absolute Gasteiger partial charge is 0.178 e. The molecule has 0 radical (unpaired) electrons. The van der Waals surface area contributed by atoms with E-state index >= 15 is 0 Å². The molecule has 0 atom stereocenters. The van der Waals surface area contributed by atoms with Crippen LogP contribution >= 0.6 is 11.3 Å². The van der Waals surface area contributed by atoms with Crippen LogP contribution in [0.25, 0.3) is 0 Å². The van der Waals surface area contributed by atoms with E-state index in [2.05, 4.69) is 40.1 Å². The van der Waals surface area contributed by atoms with E-state index in [4.69, 9.17) is 5.73 Å². The van der Waals surface area contributed by atoms with Gasteiger partial charge in [0, 0.05) is 38.6 Å². The maximum Gasteiger partial charge on any atom is 0.178 e. The van der Waals surface area contributed by atoms with Crippen LogP contribution in [-0.2, 0) is 6.54 Å². The Labute approximate surface area is 146 Å². The number of nitrogens with two attached hydrogens (primary N) is 1. The maximum absolute atomic E-state index is 12.3. The number of carbonyl (C=O) groups is 1. The van der Waals surface area contributed by atoms with E-state index in [0.717, 1.165) is 55.4 Å². The summed E-state index contributed by atoms with van der Waals surface area (Å²) < 4.78 is 0. The number of thiophene rings is 1. The van der Waals surface area contributed by atoms with Crippen LogP contribution in [0.15, 0.2) is 36.4 Å². The molecule has 0 amide bonds. The average molecular weight is 341 g/mol. The van der Waals surface area contributed by atoms with Gasteiger partial charge >= 0.3 is 0 Å². The highest BCUT2D eigenvalue weighted by Gasteiger charge is 2.33. The Kier molecular flexibility index (Phi) is 4.29. The molecule has 24 heavy (non-hydrogen) atoms. The van der Waals surface area contributed by atoms with Crippen LogP contribution in [0, 0.1) is 5.92 Å². The fourth-order valence-corrected chi connectivity index (χ4v) is 4.39. The Balaban J connectivity index is 1.37. The van der Waals surface area contributed by atoms with Crippen molar-refractivity contribution in [2.75, 3.05) is 36.8 Å². The second-order valence-corrected chi connectivity index (χ2v) is 7.79. The molecule has 1 aromatic heterocycles. The summed E-state index contributed by atoms with van der Waals surface area (Å²) in [5.41, 5.74) is 8.13. The number of rotatable bonds is 5. The predicted molar refractivity (Wildman–Crippen MR) is 99.7 cm³/mol. The van der Waals surface area contributed by atoms with Gasteiger partial charge in [0.15, 0.2) is 5.78 Å². The number of Topliss-reactive ketones (excluding diaryl/α,β-unsaturated/α-hetero) is 1. The van der Waals surface area contributed by atoms with E-state index in [1.807, 2.05) is 6.07 Å². The maximum atomic E-state index is 12.3. The number of ketones is 1. The van der Waals surface area contributed by atoms with Crippen LogP contribution in [0.4, 0.5) is 10.7 Å². The number of hydrogen-bond acceptors (Lipinski definition) is 5. The zero-order valence-corrected chi connectivity index (χ0v) is 14.6. The first-order valence-electron chi connectivity index (χ1n) is 8.65. The fourth-order valence-electron chi connectivity index (χ4n) is 3.24. The third-order valence-corrected chi connectivity index (χ3v) is 6.08. The molecule has 1 saturated heterocycles. The Morgan fingerprint density at radius 1 is 1.12 bits per heavy atom. The van der Waals surface area contributed by atoms with E-state index in [9.17, 15) is 4.79 Å². The molecule has 2 fully saturated rings. The first-order chi connectivity index (χ1) is 11.7. The number of carbonyl (C=O) groups excluding carboxylic acids is 1. The van der Waals surface area contributed by atoms with E-state index in [0.29, 0.717) is 5.69 Å². The second-order valence-electron chi connectivity index (χ2n) is 6.76. The fraction of sp³-hybridized carbons (Fsp3) is 0.421. The number of anilines is 2. The monoisotopic (exact) mass is 341 g/mol. The van der Waals surface area contributed by atoms with Crippen molar-refractivity contribution in [1.82, 2.24) is 4.90 Å². The van der Waals surface area contributed by atoms with E-state index in [1.54, 1.807) is 11.3 Å². The van der Waals surface area contributed by atoms with Gasteiger partial charge in [-0.2, -0.15) is 0 Å². The first kappa shape index (κ1) is 15.7. The standard InChI is InChI=1S/C19H23N3OS/c20-16-12-17(24-19(16)18(23)15-6-7-15)22-10-8-21(9-11-22)13-14-4-2-1-3-5-14/h1-5,12,15H,6-11,13,20H2. The summed E-state index contributed by atoms with van der Waals surface area (Å²) >= 11 is 1.58. The molecule has 2 aromatic rings. The van der Waals surface area contributed by atoms with Gasteiger partial charge in [0.25, 0.3) is 0 Å². The highest BCUT2D eigenvalue weighted by molar-refractivity contribution is 7.18. The minimum absolute atomic E-state index is 0.238. The average Bonchev–Trinajstić information content (AvgIpc) is 3.38. The molecule has 4 rings (SSSR count). The lowest BCUT2D eigenvalue weighted by molar-refractivity contribution is 0.0972. The lowest BCUT2D eigenvalue weighted by atomic mass is 10.2. The molecule has 126 valence electrons. The molecule has 1 aromatic carbocycles. The highest BCUT2D eigenvalue weighted by atomic mass is 32.1. The first-order valence-corrected chi connectivity index (χ1v) is 9.47. The number of hydrogen-bond donors (Lipinski definition) is 1. The molecular formula is C19H23N3OS. The van der Waals surface area contributed by atoms with Gasteiger partial charge in [0.1, 0.15) is 0 Å². The molecule has 0 unspecified atom stereocenters. The van der Waals surface area contributed by atoms with Gasteiger partial charge in [0.05, 0.1) is 15.6 Å². The van der Waals surface area contributed by atoms with Crippen LogP contribution in [0.5, 0.6) is 0 Å². The summed E-state index contributed by atoms with van der Waals surface area (Å²) in [7, 11) is 0. The van der Waals surface area contributed by atoms with Crippen molar-refractivity contribution in [3.63, 3.8) is 0 Å². The number of piperazine rings is 1. The van der Waals surface area contributed by atoms with Crippen molar-refractivity contribution in [2.45, 2.75) is 19.4 Å². The van der Waals surface area contributed by atoms with Crippen molar-refractivity contribution < 1.29 is 4.79 Å². The molecular weight excluding hydrogens is 318 g/mol. The molecule has 2 N–H and O–H groups in total. The lowest BCUT2D eigenvalue weighted by Crippen LogP contribution is -2.45. The van der Waals surface area contributed by atoms with Crippen LogP contribution in [0.2, 0.25) is 0 Å². The van der Waals surface area contributed by atoms with Gasteiger partial charge in [-0.25, -0.2) is 0 Å². The summed E-state index contributed by atoms with van der Waals surface area (Å²) in [5.74, 6) is 0.494. The Morgan fingerprint density at radius 2 is 1.83 bits per heavy atom. The topological polar surface area (TPSA) is 49.6 Å². The van der Waals surface area contributed by atoms with E-state index < -0.39 is 0 Å². The molecule has 2 heterocycles. The minimum Gasteiger partial charge on any atom is -0.397 e. The van der Waals surface area contributed by atoms with Crippen LogP contribution in [0.1, 0.15) is 28.1 Å². The molecule has 1 saturated carbocycles. The zero-order chi connectivity index (χ0) is 16.5. The van der Waals surface area contributed by atoms with Crippen LogP contribution < -0.4 is 10.6 Å². The molecule has 0 bridgehead atoms. The number of nitrogen functional groups attached to an aromatic ring is 1. The van der Waals surface area contributed by atoms with Gasteiger partial charge in [0.2, 0.25) is 0 Å². The Bertz CT molecular complexity index is 715. The van der Waals surface area contributed by atoms with Gasteiger partial charge in [-0.3, -0.25) is 9.69 Å². The van der Waals surface area contributed by atoms with Crippen molar-refractivity contribution >= 4 is 27.8 Å². The quantitative estimate of drug-likeness (QED) is 0.848. The summed E-state index contributed by atoms with van der Waals surface area (Å²) in [6.45, 7) is 5.07. The summed E-state index contributed by atoms with van der Waals surface area (Å²) in [5, 5.41) is 1.15. The molecule has 1 aliphatic carbocycles. The summed E-state index contributed by atoms with van der Waals surface area (Å²) in [4.78, 5) is 17.9. The van der Waals surface area contributed by atoms with Gasteiger partial charge in [-0.1, -0.05) is 30.3 Å². The molecule has 2 aliphatic rings. The SMILES string of the molecule is Nc1cc(N2CCN(Cc3ccccc3)CC2)sc1C(=O)C1CC1. The molecule has 0 spiro atoms. The van der Waals surface area contributed by atoms with Crippen molar-refractivity contribution in [2.24, 2.45) is 5.92 Å². The van der Waals surface area contributed by atoms with E-state index in [-0.39, 0.29) is 11.7 Å².